The van der Waals surface area contributed by atoms with Crippen molar-refractivity contribution in [3.8, 4) is 0 Å². The molecule has 0 heterocycles. The molecule has 0 N–H and O–H groups in total. The van der Waals surface area contributed by atoms with Crippen molar-refractivity contribution in [1.82, 2.24) is 0 Å². The van der Waals surface area contributed by atoms with E-state index in [9.17, 15) is 0 Å². The zero-order valence-corrected chi connectivity index (χ0v) is 9.11. The van der Waals surface area contributed by atoms with Gasteiger partial charge in [-0.15, -0.1) is 0 Å². The Morgan fingerprint density at radius 3 is 1.55 bits per heavy atom. The van der Waals surface area contributed by atoms with Crippen molar-refractivity contribution in [3.63, 3.8) is 0 Å². The summed E-state index contributed by atoms with van der Waals surface area (Å²) >= 11 is 1.47. The summed E-state index contributed by atoms with van der Waals surface area (Å²) in [5, 5.41) is 2.94. The predicted octanol–water partition coefficient (Wildman–Crippen LogP) is 4.29. The van der Waals surface area contributed by atoms with E-state index in [1.807, 2.05) is 0 Å². The molecular weight excluding hydrogens is 176 g/mol. The molecule has 0 radical (unpaired) electrons. The van der Waals surface area contributed by atoms with Gasteiger partial charge in [-0.2, -0.15) is 0 Å². The molecule has 0 aliphatic carbocycles. The molecular formula is C10H22Fe. The third-order valence-electron chi connectivity index (χ3n) is 1.71. The van der Waals surface area contributed by atoms with E-state index in [1.165, 1.54) is 64.1 Å². The predicted molar refractivity (Wildman–Crippen MR) is 48.7 cm³/mol. The average molecular weight is 198 g/mol. The molecule has 0 rings (SSSR count). The zero-order valence-electron chi connectivity index (χ0n) is 8.01. The summed E-state index contributed by atoms with van der Waals surface area (Å²) in [6, 6.07) is 0. The molecule has 0 aliphatic heterocycles. The number of rotatable bonds is 8. The Labute approximate surface area is 78.3 Å². The van der Waals surface area contributed by atoms with Crippen LogP contribution in [0.5, 0.6) is 0 Å². The van der Waals surface area contributed by atoms with Crippen LogP contribution in [0.15, 0.2) is 0 Å². The Balaban J connectivity index is 2.69. The summed E-state index contributed by atoms with van der Waals surface area (Å²) in [6.45, 7) is 4.55. The molecule has 0 fully saturated rings. The van der Waals surface area contributed by atoms with Gasteiger partial charge in [-0.1, -0.05) is 0 Å². The minimum atomic E-state index is 1.37. The van der Waals surface area contributed by atoms with Crippen LogP contribution in [-0.4, -0.2) is 0 Å². The normalized spacial score (nSPS) is 10.7. The van der Waals surface area contributed by atoms with Crippen LogP contribution in [0.2, 0.25) is 10.6 Å². The van der Waals surface area contributed by atoms with Crippen LogP contribution in [-0.2, 0) is 15.0 Å². The van der Waals surface area contributed by atoms with Crippen molar-refractivity contribution in [3.05, 3.63) is 0 Å². The fourth-order valence-electron chi connectivity index (χ4n) is 0.942. The summed E-state index contributed by atoms with van der Waals surface area (Å²) in [5.74, 6) is 0. The van der Waals surface area contributed by atoms with Gasteiger partial charge in [0.2, 0.25) is 0 Å². The Kier molecular flexibility index (Phi) is 11.0. The first kappa shape index (κ1) is 11.5. The summed E-state index contributed by atoms with van der Waals surface area (Å²) in [4.78, 5) is 0. The number of unbranched alkanes of at least 4 members (excludes halogenated alkanes) is 4. The van der Waals surface area contributed by atoms with Gasteiger partial charge in [0.05, 0.1) is 0 Å². The maximum absolute atomic E-state index is 2.27. The third kappa shape index (κ3) is 10.5. The second-order valence-corrected chi connectivity index (χ2v) is 4.60. The van der Waals surface area contributed by atoms with Crippen molar-refractivity contribution in [2.24, 2.45) is 0 Å². The topological polar surface area (TPSA) is 0 Å². The average Bonchev–Trinajstić information content (AvgIpc) is 2.03. The molecule has 0 atom stereocenters. The first-order valence-corrected chi connectivity index (χ1v) is 6.48. The molecule has 0 aromatic heterocycles. The maximum atomic E-state index is 2.27. The molecule has 11 heavy (non-hydrogen) atoms. The van der Waals surface area contributed by atoms with E-state index in [0.29, 0.717) is 0 Å². The van der Waals surface area contributed by atoms with Crippen molar-refractivity contribution in [1.29, 1.82) is 0 Å². The first-order valence-electron chi connectivity index (χ1n) is 4.91. The van der Waals surface area contributed by atoms with E-state index in [4.69, 9.17) is 0 Å². The zero-order chi connectivity index (χ0) is 8.36. The van der Waals surface area contributed by atoms with Crippen LogP contribution in [0.4, 0.5) is 0 Å². The van der Waals surface area contributed by atoms with Crippen molar-refractivity contribution >= 4 is 0 Å². The monoisotopic (exact) mass is 198 g/mol. The second kappa shape index (κ2) is 10.5. The van der Waals surface area contributed by atoms with Crippen molar-refractivity contribution in [2.75, 3.05) is 0 Å². The third-order valence-corrected chi connectivity index (χ3v) is 3.27. The van der Waals surface area contributed by atoms with Crippen LogP contribution in [0, 0.1) is 0 Å². The van der Waals surface area contributed by atoms with E-state index in [1.54, 1.807) is 0 Å². The molecule has 0 amide bonds. The molecule has 0 bridgehead atoms. The summed E-state index contributed by atoms with van der Waals surface area (Å²) < 4.78 is 0. The van der Waals surface area contributed by atoms with Crippen molar-refractivity contribution in [2.45, 2.75) is 63.0 Å². The van der Waals surface area contributed by atoms with Gasteiger partial charge in [-0.25, -0.2) is 0 Å². The van der Waals surface area contributed by atoms with Gasteiger partial charge >= 0.3 is 78.0 Å². The summed E-state index contributed by atoms with van der Waals surface area (Å²) in [7, 11) is 0. The van der Waals surface area contributed by atoms with E-state index >= 15 is 0 Å². The molecule has 0 aliphatic rings. The molecule has 0 saturated heterocycles. The molecule has 0 spiro atoms. The Hall–Kier alpha value is 0.519. The molecule has 0 aromatic carbocycles. The van der Waals surface area contributed by atoms with Crippen LogP contribution in [0.3, 0.4) is 0 Å². The fraction of sp³-hybridized carbons (Fsp3) is 1.00. The summed E-state index contributed by atoms with van der Waals surface area (Å²) in [6.07, 6.45) is 8.54. The van der Waals surface area contributed by atoms with Gasteiger partial charge < -0.3 is 0 Å². The van der Waals surface area contributed by atoms with Gasteiger partial charge in [0, 0.05) is 0 Å². The van der Waals surface area contributed by atoms with Gasteiger partial charge in [-0.3, -0.25) is 0 Å². The molecule has 0 nitrogen and oxygen atoms in total. The fourth-order valence-corrected chi connectivity index (χ4v) is 2.32. The number of hydrogen-bond donors (Lipinski definition) is 0. The quantitative estimate of drug-likeness (QED) is 0.403. The van der Waals surface area contributed by atoms with E-state index in [-0.39, 0.29) is 0 Å². The van der Waals surface area contributed by atoms with E-state index in [0.717, 1.165) is 0 Å². The SMILES string of the molecule is CCCC[CH2][Fe][CH2]CCCC. The summed E-state index contributed by atoms with van der Waals surface area (Å²) in [5.41, 5.74) is 0. The van der Waals surface area contributed by atoms with Crippen LogP contribution in [0.25, 0.3) is 0 Å². The van der Waals surface area contributed by atoms with Gasteiger partial charge in [-0.05, 0) is 0 Å². The first-order chi connectivity index (χ1) is 5.41. The number of hydrogen-bond acceptors (Lipinski definition) is 0. The van der Waals surface area contributed by atoms with Crippen LogP contribution < -0.4 is 0 Å². The van der Waals surface area contributed by atoms with E-state index < -0.39 is 0 Å². The molecule has 0 aromatic rings. The Bertz CT molecular complexity index is 53.9. The van der Waals surface area contributed by atoms with Crippen molar-refractivity contribution < 1.29 is 15.0 Å². The molecule has 70 valence electrons. The molecule has 1 heteroatoms. The van der Waals surface area contributed by atoms with E-state index in [2.05, 4.69) is 13.8 Å². The molecule has 0 saturated carbocycles. The Morgan fingerprint density at radius 2 is 1.18 bits per heavy atom. The van der Waals surface area contributed by atoms with Gasteiger partial charge in [0.25, 0.3) is 0 Å². The molecule has 0 unspecified atom stereocenters. The van der Waals surface area contributed by atoms with Gasteiger partial charge in [0.15, 0.2) is 0 Å². The van der Waals surface area contributed by atoms with Gasteiger partial charge in [0.1, 0.15) is 0 Å². The minimum absolute atomic E-state index is 1.37. The van der Waals surface area contributed by atoms with Crippen LogP contribution in [0.1, 0.15) is 52.4 Å². The van der Waals surface area contributed by atoms with Crippen LogP contribution >= 0.6 is 0 Å². The second-order valence-electron chi connectivity index (χ2n) is 2.94. The Morgan fingerprint density at radius 1 is 0.727 bits per heavy atom. The standard InChI is InChI=1S/2C5H11.Fe/c2*1-3-5-4-2;/h2*1,3-5H2,2H3;.